The lowest BCUT2D eigenvalue weighted by molar-refractivity contribution is -0.139. The largest absolute Gasteiger partial charge is 0.474 e. The summed E-state index contributed by atoms with van der Waals surface area (Å²) < 4.78 is 10.6. The van der Waals surface area contributed by atoms with Gasteiger partial charge in [-0.05, 0) is 56.2 Å². The summed E-state index contributed by atoms with van der Waals surface area (Å²) in [6.45, 7) is 1.93. The third-order valence-electron chi connectivity index (χ3n) is 4.35. The van der Waals surface area contributed by atoms with E-state index in [0.29, 0.717) is 11.5 Å². The highest BCUT2D eigenvalue weighted by Gasteiger charge is 2.25. The Morgan fingerprint density at radius 3 is 2.44 bits per heavy atom. The highest BCUT2D eigenvalue weighted by molar-refractivity contribution is 5.88. The number of hydrogen-bond donors (Lipinski definition) is 3. The van der Waals surface area contributed by atoms with Gasteiger partial charge in [0.05, 0.1) is 18.2 Å². The van der Waals surface area contributed by atoms with E-state index in [1.807, 2.05) is 24.3 Å². The molecule has 0 spiro atoms. The lowest BCUT2D eigenvalue weighted by Gasteiger charge is -2.29. The van der Waals surface area contributed by atoms with E-state index < -0.39 is 5.97 Å². The van der Waals surface area contributed by atoms with Crippen molar-refractivity contribution >= 4 is 5.97 Å². The fourth-order valence-corrected chi connectivity index (χ4v) is 3.02. The van der Waals surface area contributed by atoms with Gasteiger partial charge in [0, 0.05) is 0 Å². The third-order valence-corrected chi connectivity index (χ3v) is 4.35. The Bertz CT molecular complexity index is 656. The molecule has 7 heteroatoms. The van der Waals surface area contributed by atoms with Crippen LogP contribution in [0.1, 0.15) is 49.7 Å². The lowest BCUT2D eigenvalue weighted by atomic mass is 9.82. The second-order valence-corrected chi connectivity index (χ2v) is 5.93. The zero-order valence-corrected chi connectivity index (χ0v) is 14.3. The van der Waals surface area contributed by atoms with Crippen molar-refractivity contribution in [3.05, 3.63) is 47.0 Å². The molecule has 0 radical (unpaired) electrons. The third kappa shape index (κ3) is 4.88. The topological polar surface area (TPSA) is 123 Å². The minimum absolute atomic E-state index is 0.0391. The van der Waals surface area contributed by atoms with Crippen LogP contribution in [0.3, 0.4) is 0 Å². The molecule has 1 saturated carbocycles. The van der Waals surface area contributed by atoms with Gasteiger partial charge in [-0.2, -0.15) is 5.26 Å². The zero-order chi connectivity index (χ0) is 18.2. The molecule has 0 atom stereocenters. The van der Waals surface area contributed by atoms with Crippen molar-refractivity contribution in [2.75, 3.05) is 6.61 Å². The molecule has 1 fully saturated rings. The van der Waals surface area contributed by atoms with Crippen molar-refractivity contribution in [1.29, 1.82) is 5.26 Å². The number of rotatable bonds is 6. The van der Waals surface area contributed by atoms with Crippen LogP contribution in [-0.2, 0) is 14.3 Å². The maximum Gasteiger partial charge on any atom is 0.361 e. The van der Waals surface area contributed by atoms with Gasteiger partial charge in [0.1, 0.15) is 6.10 Å². The average Bonchev–Trinajstić information content (AvgIpc) is 2.63. The summed E-state index contributed by atoms with van der Waals surface area (Å²) in [7, 11) is 0. The van der Waals surface area contributed by atoms with Gasteiger partial charge >= 0.3 is 5.97 Å². The highest BCUT2D eigenvalue weighted by Crippen LogP contribution is 2.34. The highest BCUT2D eigenvalue weighted by atomic mass is 16.5. The number of ether oxygens (including phenoxy) is 2. The van der Waals surface area contributed by atoms with E-state index in [1.165, 1.54) is 5.56 Å². The van der Waals surface area contributed by atoms with E-state index in [1.54, 1.807) is 6.92 Å². The number of carbonyl (C=O) groups excluding carboxylic acids is 1. The first-order valence-corrected chi connectivity index (χ1v) is 8.39. The number of benzene rings is 1. The Kier molecular flexibility index (Phi) is 6.66. The van der Waals surface area contributed by atoms with Crippen LogP contribution >= 0.6 is 0 Å². The summed E-state index contributed by atoms with van der Waals surface area (Å²) >= 11 is 0. The second kappa shape index (κ2) is 8.94. The summed E-state index contributed by atoms with van der Waals surface area (Å²) in [5.41, 5.74) is 9.94. The number of nitriles is 1. The normalized spacial score (nSPS) is 20.8. The van der Waals surface area contributed by atoms with Crippen LogP contribution in [-0.4, -0.2) is 18.7 Å². The van der Waals surface area contributed by atoms with Crippen LogP contribution in [0, 0.1) is 11.3 Å². The number of carbonyl (C=O) groups is 1. The molecular formula is C18H24N4O3. The van der Waals surface area contributed by atoms with E-state index in [9.17, 15) is 4.79 Å². The smallest absolute Gasteiger partial charge is 0.361 e. The van der Waals surface area contributed by atoms with E-state index >= 15 is 0 Å². The minimum atomic E-state index is -0.631. The van der Waals surface area contributed by atoms with Crippen molar-refractivity contribution < 1.29 is 14.3 Å². The number of hydrogen-bond acceptors (Lipinski definition) is 7. The molecule has 1 aromatic carbocycles. The van der Waals surface area contributed by atoms with Gasteiger partial charge in [-0.15, -0.1) is 0 Å². The van der Waals surface area contributed by atoms with Gasteiger partial charge in [0.2, 0.25) is 5.88 Å². The first-order chi connectivity index (χ1) is 12.1. The minimum Gasteiger partial charge on any atom is -0.474 e. The Hall–Kier alpha value is -2.72. The van der Waals surface area contributed by atoms with E-state index in [-0.39, 0.29) is 24.3 Å². The second-order valence-electron chi connectivity index (χ2n) is 5.93. The Morgan fingerprint density at radius 2 is 1.92 bits per heavy atom. The molecule has 25 heavy (non-hydrogen) atoms. The number of hydrazine groups is 1. The predicted molar refractivity (Wildman–Crippen MR) is 92.4 cm³/mol. The summed E-state index contributed by atoms with van der Waals surface area (Å²) in [5.74, 6) is 5.11. The Labute approximate surface area is 147 Å². The van der Waals surface area contributed by atoms with Crippen molar-refractivity contribution in [3.8, 4) is 6.07 Å². The fraction of sp³-hybridized carbons (Fsp3) is 0.444. The van der Waals surface area contributed by atoms with Crippen molar-refractivity contribution in [3.63, 3.8) is 0 Å². The quantitative estimate of drug-likeness (QED) is 0.236. The van der Waals surface area contributed by atoms with Crippen LogP contribution in [0.4, 0.5) is 0 Å². The monoisotopic (exact) mass is 344 g/mol. The Balaban J connectivity index is 1.93. The van der Waals surface area contributed by atoms with Crippen LogP contribution in [0.5, 0.6) is 0 Å². The van der Waals surface area contributed by atoms with Crippen molar-refractivity contribution in [2.45, 2.75) is 44.6 Å². The molecule has 1 aliphatic rings. The van der Waals surface area contributed by atoms with E-state index in [0.717, 1.165) is 25.7 Å². The number of nitrogens with two attached hydrogens (primary N) is 2. The maximum absolute atomic E-state index is 11.7. The lowest BCUT2D eigenvalue weighted by Crippen LogP contribution is -2.33. The van der Waals surface area contributed by atoms with Gasteiger partial charge in [-0.3, -0.25) is 5.84 Å². The van der Waals surface area contributed by atoms with Crippen LogP contribution in [0.25, 0.3) is 0 Å². The van der Waals surface area contributed by atoms with E-state index in [4.69, 9.17) is 26.3 Å². The molecule has 7 nitrogen and oxygen atoms in total. The summed E-state index contributed by atoms with van der Waals surface area (Å²) in [4.78, 5) is 11.7. The maximum atomic E-state index is 11.7. The van der Waals surface area contributed by atoms with Gasteiger partial charge in [0.15, 0.2) is 5.70 Å². The van der Waals surface area contributed by atoms with Gasteiger partial charge in [0.25, 0.3) is 0 Å². The van der Waals surface area contributed by atoms with Crippen molar-refractivity contribution in [2.24, 2.45) is 11.6 Å². The summed E-state index contributed by atoms with van der Waals surface area (Å²) in [5, 5.41) is 8.87. The first kappa shape index (κ1) is 18.6. The molecular weight excluding hydrogens is 320 g/mol. The molecule has 2 rings (SSSR count). The average molecular weight is 344 g/mol. The van der Waals surface area contributed by atoms with Gasteiger partial charge < -0.3 is 20.6 Å². The standard InChI is InChI=1S/C18H24N4O3/c1-2-24-18(23)16(22-21)17(20)25-15-9-7-14(8-10-15)13-5-3-12(11-19)4-6-13/h3-6,14-15,22H,2,7-10,20-21H2,1H3/b17-16+. The van der Waals surface area contributed by atoms with Crippen LogP contribution in [0.15, 0.2) is 35.8 Å². The number of nitrogens with zero attached hydrogens (tertiary/aromatic N) is 1. The SMILES string of the molecule is CCOC(=O)/C(NN)=C(/N)OC1CCC(c2ccc(C#N)cc2)CC1. The zero-order valence-electron chi connectivity index (χ0n) is 14.3. The number of esters is 1. The Morgan fingerprint density at radius 1 is 1.28 bits per heavy atom. The van der Waals surface area contributed by atoms with E-state index in [2.05, 4.69) is 11.5 Å². The van der Waals surface area contributed by atoms with Crippen LogP contribution < -0.4 is 17.0 Å². The fourth-order valence-electron chi connectivity index (χ4n) is 3.02. The molecule has 134 valence electrons. The summed E-state index contributed by atoms with van der Waals surface area (Å²) in [6, 6.07) is 9.84. The molecule has 0 amide bonds. The molecule has 0 aliphatic heterocycles. The number of nitrogens with one attached hydrogen (secondary N) is 1. The van der Waals surface area contributed by atoms with Crippen molar-refractivity contribution in [1.82, 2.24) is 5.43 Å². The molecule has 0 aromatic heterocycles. The molecule has 0 heterocycles. The molecule has 1 aromatic rings. The molecule has 0 unspecified atom stereocenters. The van der Waals surface area contributed by atoms with Gasteiger partial charge in [-0.25, -0.2) is 4.79 Å². The van der Waals surface area contributed by atoms with Gasteiger partial charge in [-0.1, -0.05) is 12.1 Å². The van der Waals surface area contributed by atoms with Crippen LogP contribution in [0.2, 0.25) is 0 Å². The molecule has 5 N–H and O–H groups in total. The molecule has 0 bridgehead atoms. The molecule has 0 saturated heterocycles. The predicted octanol–water partition coefficient (Wildman–Crippen LogP) is 1.76. The summed E-state index contributed by atoms with van der Waals surface area (Å²) in [6.07, 6.45) is 3.49. The first-order valence-electron chi connectivity index (χ1n) is 8.39. The molecule has 1 aliphatic carbocycles.